The Hall–Kier alpha value is 0.820. The molecule has 0 saturated heterocycles. The van der Waals surface area contributed by atoms with Crippen LogP contribution in [0.4, 0.5) is 0 Å². The van der Waals surface area contributed by atoms with E-state index in [4.69, 9.17) is 34.8 Å². The molecule has 0 unspecified atom stereocenters. The Balaban J connectivity index is 3.79. The zero-order valence-electron chi connectivity index (χ0n) is 5.27. The van der Waals surface area contributed by atoms with Crippen molar-refractivity contribution in [2.45, 2.75) is 10.2 Å². The van der Waals surface area contributed by atoms with Crippen LogP contribution < -0.4 is 0 Å². The number of halogens is 3. The van der Waals surface area contributed by atoms with Crippen molar-refractivity contribution in [1.82, 2.24) is 0 Å². The normalized spacial score (nSPS) is 13.6. The third-order valence-corrected chi connectivity index (χ3v) is 2.27. The largest absolute Gasteiger partial charge is 0.229 e. The summed E-state index contributed by atoms with van der Waals surface area (Å²) in [5.41, 5.74) is 0. The third-order valence-electron chi connectivity index (χ3n) is 0.756. The van der Waals surface area contributed by atoms with Crippen LogP contribution >= 0.6 is 34.8 Å². The zero-order valence-corrected chi connectivity index (χ0v) is 8.36. The lowest BCUT2D eigenvalue weighted by atomic mass is 10.6. The van der Waals surface area contributed by atoms with Gasteiger partial charge >= 0.3 is 0 Å². The molecule has 0 aliphatic carbocycles. The SMILES string of the molecule is CS(=O)(=O)CCC(Cl)(Cl)Cl. The summed E-state index contributed by atoms with van der Waals surface area (Å²) in [6, 6.07) is 0. The molecule has 0 aromatic carbocycles. The average molecular weight is 226 g/mol. The Bertz CT molecular complexity index is 191. The van der Waals surface area contributed by atoms with Gasteiger partial charge < -0.3 is 0 Å². The Morgan fingerprint density at radius 1 is 1.30 bits per heavy atom. The van der Waals surface area contributed by atoms with Crippen molar-refractivity contribution in [3.63, 3.8) is 0 Å². The second-order valence-corrected chi connectivity index (χ2v) is 6.77. The van der Waals surface area contributed by atoms with E-state index < -0.39 is 13.6 Å². The second kappa shape index (κ2) is 3.48. The van der Waals surface area contributed by atoms with Gasteiger partial charge in [-0.15, -0.1) is 0 Å². The predicted octanol–water partition coefficient (Wildman–Crippen LogP) is 1.79. The summed E-state index contributed by atoms with van der Waals surface area (Å²) < 4.78 is 19.5. The van der Waals surface area contributed by atoms with Crippen molar-refractivity contribution >= 4 is 44.6 Å². The van der Waals surface area contributed by atoms with Gasteiger partial charge in [0.1, 0.15) is 9.84 Å². The molecule has 0 bridgehead atoms. The van der Waals surface area contributed by atoms with Gasteiger partial charge in [-0.25, -0.2) is 8.42 Å². The molecule has 0 heterocycles. The number of alkyl halides is 3. The van der Waals surface area contributed by atoms with E-state index in [1.54, 1.807) is 0 Å². The van der Waals surface area contributed by atoms with E-state index >= 15 is 0 Å². The first-order valence-electron chi connectivity index (χ1n) is 2.45. The molecule has 2 nitrogen and oxygen atoms in total. The highest BCUT2D eigenvalue weighted by Gasteiger charge is 2.21. The molecular weight excluding hydrogens is 218 g/mol. The van der Waals surface area contributed by atoms with Gasteiger partial charge in [0.15, 0.2) is 3.79 Å². The summed E-state index contributed by atoms with van der Waals surface area (Å²) in [5.74, 6) is -0.0938. The van der Waals surface area contributed by atoms with E-state index in [0.29, 0.717) is 0 Å². The van der Waals surface area contributed by atoms with Crippen LogP contribution in [0.1, 0.15) is 6.42 Å². The van der Waals surface area contributed by atoms with E-state index in [9.17, 15) is 8.42 Å². The average Bonchev–Trinajstić information content (AvgIpc) is 1.57. The minimum absolute atomic E-state index is 0.0382. The molecule has 0 aliphatic rings. The maximum atomic E-state index is 10.5. The predicted molar refractivity (Wildman–Crippen MR) is 44.6 cm³/mol. The molecule has 0 aliphatic heterocycles. The molecule has 0 atom stereocenters. The molecule has 0 spiro atoms. The fourth-order valence-electron chi connectivity index (χ4n) is 0.301. The summed E-state index contributed by atoms with van der Waals surface area (Å²) >= 11 is 15.9. The first-order chi connectivity index (χ1) is 4.21. The fraction of sp³-hybridized carbons (Fsp3) is 1.00. The lowest BCUT2D eigenvalue weighted by Crippen LogP contribution is -2.11. The van der Waals surface area contributed by atoms with Crippen LogP contribution in [0.3, 0.4) is 0 Å². The van der Waals surface area contributed by atoms with Crippen molar-refractivity contribution in [3.8, 4) is 0 Å². The lowest BCUT2D eigenvalue weighted by molar-refractivity contribution is 0.599. The van der Waals surface area contributed by atoms with Gasteiger partial charge in [0, 0.05) is 12.7 Å². The molecule has 0 amide bonds. The highest BCUT2D eigenvalue weighted by atomic mass is 35.6. The highest BCUT2D eigenvalue weighted by molar-refractivity contribution is 7.90. The maximum Gasteiger partial charge on any atom is 0.191 e. The van der Waals surface area contributed by atoms with Gasteiger partial charge in [0.25, 0.3) is 0 Å². The quantitative estimate of drug-likeness (QED) is 0.672. The van der Waals surface area contributed by atoms with Crippen molar-refractivity contribution in [1.29, 1.82) is 0 Å². The minimum atomic E-state index is -3.01. The topological polar surface area (TPSA) is 34.1 Å². The third kappa shape index (κ3) is 8.82. The smallest absolute Gasteiger partial charge is 0.191 e. The van der Waals surface area contributed by atoms with Crippen molar-refractivity contribution in [2.24, 2.45) is 0 Å². The summed E-state index contributed by atoms with van der Waals surface area (Å²) in [6.07, 6.45) is 1.14. The van der Waals surface area contributed by atoms with Crippen LogP contribution in [-0.4, -0.2) is 24.2 Å². The van der Waals surface area contributed by atoms with Gasteiger partial charge in [-0.2, -0.15) is 0 Å². The van der Waals surface area contributed by atoms with E-state index in [1.807, 2.05) is 0 Å². The van der Waals surface area contributed by atoms with Gasteiger partial charge in [0.2, 0.25) is 0 Å². The van der Waals surface area contributed by atoms with Gasteiger partial charge in [-0.3, -0.25) is 0 Å². The zero-order chi connectivity index (χ0) is 8.41. The van der Waals surface area contributed by atoms with Crippen LogP contribution in [0.5, 0.6) is 0 Å². The summed E-state index contributed by atoms with van der Waals surface area (Å²) in [5, 5.41) is 0. The number of hydrogen-bond acceptors (Lipinski definition) is 2. The standard InChI is InChI=1S/C4H7Cl3O2S/c1-10(8,9)3-2-4(5,6)7/h2-3H2,1H3. The molecule has 0 fully saturated rings. The first-order valence-corrected chi connectivity index (χ1v) is 5.65. The van der Waals surface area contributed by atoms with Crippen molar-refractivity contribution in [3.05, 3.63) is 0 Å². The van der Waals surface area contributed by atoms with Gasteiger partial charge in [0.05, 0.1) is 5.75 Å². The van der Waals surface area contributed by atoms with Crippen LogP contribution in [0.2, 0.25) is 0 Å². The Labute approximate surface area is 75.4 Å². The molecule has 62 valence electrons. The summed E-state index contributed by atoms with van der Waals surface area (Å²) in [6.45, 7) is 0. The molecule has 0 aromatic rings. The van der Waals surface area contributed by atoms with Crippen LogP contribution in [0.15, 0.2) is 0 Å². The van der Waals surface area contributed by atoms with E-state index in [1.165, 1.54) is 0 Å². The summed E-state index contributed by atoms with van der Waals surface area (Å²) in [4.78, 5) is 0. The second-order valence-electron chi connectivity index (χ2n) is 2.00. The monoisotopic (exact) mass is 224 g/mol. The number of sulfone groups is 1. The van der Waals surface area contributed by atoms with E-state index in [-0.39, 0.29) is 12.2 Å². The van der Waals surface area contributed by atoms with E-state index in [2.05, 4.69) is 0 Å². The molecule has 0 rings (SSSR count). The molecule has 0 radical (unpaired) electrons. The molecular formula is C4H7Cl3O2S. The van der Waals surface area contributed by atoms with Crippen LogP contribution in [-0.2, 0) is 9.84 Å². The van der Waals surface area contributed by atoms with Gasteiger partial charge in [-0.05, 0) is 0 Å². The molecule has 0 saturated carbocycles. The number of hydrogen-bond donors (Lipinski definition) is 0. The molecule has 10 heavy (non-hydrogen) atoms. The van der Waals surface area contributed by atoms with E-state index in [0.717, 1.165) is 6.26 Å². The maximum absolute atomic E-state index is 10.5. The Morgan fingerprint density at radius 3 is 1.80 bits per heavy atom. The van der Waals surface area contributed by atoms with Crippen LogP contribution in [0, 0.1) is 0 Å². The molecule has 0 N–H and O–H groups in total. The first kappa shape index (κ1) is 10.8. The fourth-order valence-corrected chi connectivity index (χ4v) is 1.60. The van der Waals surface area contributed by atoms with Gasteiger partial charge in [-0.1, -0.05) is 34.8 Å². The lowest BCUT2D eigenvalue weighted by Gasteiger charge is -2.07. The van der Waals surface area contributed by atoms with Crippen LogP contribution in [0.25, 0.3) is 0 Å². The highest BCUT2D eigenvalue weighted by Crippen LogP contribution is 2.30. The molecule has 0 aromatic heterocycles. The molecule has 6 heteroatoms. The van der Waals surface area contributed by atoms with Crippen molar-refractivity contribution < 1.29 is 8.42 Å². The Morgan fingerprint density at radius 2 is 1.70 bits per heavy atom. The number of rotatable bonds is 2. The minimum Gasteiger partial charge on any atom is -0.229 e. The van der Waals surface area contributed by atoms with Crippen molar-refractivity contribution in [2.75, 3.05) is 12.0 Å². The summed E-state index contributed by atoms with van der Waals surface area (Å²) in [7, 11) is -3.01. The Kier molecular flexibility index (Phi) is 3.76.